The van der Waals surface area contributed by atoms with Crippen LogP contribution in [0.25, 0.3) is 11.0 Å². The first-order valence-corrected chi connectivity index (χ1v) is 8.35. The summed E-state index contributed by atoms with van der Waals surface area (Å²) < 4.78 is 45.3. The minimum atomic E-state index is -4.37. The Kier molecular flexibility index (Phi) is 4.62. The zero-order valence-electron chi connectivity index (χ0n) is 12.1. The van der Waals surface area contributed by atoms with Crippen molar-refractivity contribution in [2.24, 2.45) is 0 Å². The Balaban J connectivity index is 2.19. The molecule has 1 saturated heterocycles. The van der Waals surface area contributed by atoms with Gasteiger partial charge in [-0.25, -0.2) is 4.98 Å². The van der Waals surface area contributed by atoms with Gasteiger partial charge < -0.3 is 9.64 Å². The van der Waals surface area contributed by atoms with E-state index in [1.165, 1.54) is 0 Å². The zero-order valence-corrected chi connectivity index (χ0v) is 15.0. The summed E-state index contributed by atoms with van der Waals surface area (Å²) in [7, 11) is 0. The van der Waals surface area contributed by atoms with Gasteiger partial charge in [-0.3, -0.25) is 4.68 Å². The monoisotopic (exact) mass is 460 g/mol. The standard InChI is InChI=1S/C13H13ClF3IN4O/c1-7-5-23-3-2-21(7)8-4-9(14)19-10-11(8)22(20-12(10)18)6-13(15,16)17/h4,7H,2-3,5-6H2,1H3/t7-/m1/s1. The van der Waals surface area contributed by atoms with Gasteiger partial charge in [-0.15, -0.1) is 0 Å². The maximum atomic E-state index is 12.9. The summed E-state index contributed by atoms with van der Waals surface area (Å²) in [5.74, 6) is 0. The summed E-state index contributed by atoms with van der Waals surface area (Å²) in [6.07, 6.45) is -4.37. The number of hydrogen-bond donors (Lipinski definition) is 0. The second kappa shape index (κ2) is 6.25. The van der Waals surface area contributed by atoms with Crippen molar-refractivity contribution in [3.05, 3.63) is 14.9 Å². The molecule has 0 saturated carbocycles. The smallest absolute Gasteiger partial charge is 0.377 e. The fourth-order valence-electron chi connectivity index (χ4n) is 2.68. The number of anilines is 1. The summed E-state index contributed by atoms with van der Waals surface area (Å²) in [6, 6.07) is 1.62. The summed E-state index contributed by atoms with van der Waals surface area (Å²) in [4.78, 5) is 6.15. The fraction of sp³-hybridized carbons (Fsp3) is 0.538. The molecule has 0 spiro atoms. The fourth-order valence-corrected chi connectivity index (χ4v) is 3.51. The SMILES string of the molecule is C[C@@H]1COCCN1c1cc(Cl)nc2c(I)nn(CC(F)(F)F)c12. The molecule has 126 valence electrons. The van der Waals surface area contributed by atoms with Crippen LogP contribution in [0.2, 0.25) is 5.15 Å². The van der Waals surface area contributed by atoms with Gasteiger partial charge in [0.15, 0.2) is 0 Å². The van der Waals surface area contributed by atoms with E-state index in [4.69, 9.17) is 16.3 Å². The van der Waals surface area contributed by atoms with Crippen LogP contribution in [0.1, 0.15) is 6.92 Å². The van der Waals surface area contributed by atoms with E-state index in [0.29, 0.717) is 40.2 Å². The highest BCUT2D eigenvalue weighted by molar-refractivity contribution is 14.1. The number of nitrogens with zero attached hydrogens (tertiary/aromatic N) is 4. The molecule has 1 fully saturated rings. The predicted molar refractivity (Wildman–Crippen MR) is 88.9 cm³/mol. The van der Waals surface area contributed by atoms with Gasteiger partial charge in [0, 0.05) is 18.7 Å². The second-order valence-corrected chi connectivity index (χ2v) is 6.75. The van der Waals surface area contributed by atoms with Crippen molar-refractivity contribution in [2.75, 3.05) is 24.7 Å². The Bertz CT molecular complexity index is 736. The van der Waals surface area contributed by atoms with E-state index >= 15 is 0 Å². The Morgan fingerprint density at radius 3 is 2.87 bits per heavy atom. The number of rotatable bonds is 2. The minimum Gasteiger partial charge on any atom is -0.377 e. The van der Waals surface area contributed by atoms with E-state index in [1.54, 1.807) is 6.07 Å². The Morgan fingerprint density at radius 1 is 1.48 bits per heavy atom. The number of halogens is 5. The molecule has 0 unspecified atom stereocenters. The van der Waals surface area contributed by atoms with Gasteiger partial charge in [-0.2, -0.15) is 18.3 Å². The van der Waals surface area contributed by atoms with Gasteiger partial charge in [0.25, 0.3) is 0 Å². The first-order valence-electron chi connectivity index (χ1n) is 6.90. The third-order valence-corrected chi connectivity index (χ3v) is 4.53. The normalized spacial score (nSPS) is 19.6. The van der Waals surface area contributed by atoms with Gasteiger partial charge in [0.05, 0.1) is 18.9 Å². The van der Waals surface area contributed by atoms with Crippen LogP contribution in [0.3, 0.4) is 0 Å². The molecule has 0 amide bonds. The zero-order chi connectivity index (χ0) is 16.8. The third kappa shape index (κ3) is 3.50. The molecule has 10 heteroatoms. The molecule has 2 aromatic rings. The van der Waals surface area contributed by atoms with Crippen molar-refractivity contribution >= 4 is 50.9 Å². The van der Waals surface area contributed by atoms with Crippen LogP contribution in [0, 0.1) is 3.70 Å². The minimum absolute atomic E-state index is 0.0253. The van der Waals surface area contributed by atoms with Crippen molar-refractivity contribution in [3.63, 3.8) is 0 Å². The van der Waals surface area contributed by atoms with Crippen molar-refractivity contribution < 1.29 is 17.9 Å². The van der Waals surface area contributed by atoms with Crippen molar-refractivity contribution in [2.45, 2.75) is 25.7 Å². The lowest BCUT2D eigenvalue weighted by Gasteiger charge is -2.35. The molecular weight excluding hydrogens is 448 g/mol. The predicted octanol–water partition coefficient (Wildman–Crippen LogP) is 3.48. The van der Waals surface area contributed by atoms with Crippen LogP contribution in [0.4, 0.5) is 18.9 Å². The van der Waals surface area contributed by atoms with Crippen molar-refractivity contribution in [1.29, 1.82) is 0 Å². The van der Waals surface area contributed by atoms with E-state index in [0.717, 1.165) is 4.68 Å². The molecule has 0 radical (unpaired) electrons. The first kappa shape index (κ1) is 17.0. The highest BCUT2D eigenvalue weighted by atomic mass is 127. The molecule has 23 heavy (non-hydrogen) atoms. The van der Waals surface area contributed by atoms with Crippen LogP contribution in [0.15, 0.2) is 6.07 Å². The third-order valence-electron chi connectivity index (χ3n) is 3.61. The van der Waals surface area contributed by atoms with E-state index in [1.807, 2.05) is 34.4 Å². The van der Waals surface area contributed by atoms with Gasteiger partial charge in [-0.1, -0.05) is 11.6 Å². The van der Waals surface area contributed by atoms with Gasteiger partial charge in [0.1, 0.15) is 26.4 Å². The molecule has 1 aliphatic rings. The van der Waals surface area contributed by atoms with E-state index in [9.17, 15) is 13.2 Å². The topological polar surface area (TPSA) is 43.2 Å². The number of morpholine rings is 1. The lowest BCUT2D eigenvalue weighted by molar-refractivity contribution is -0.141. The molecule has 0 aliphatic carbocycles. The average Bonchev–Trinajstić information content (AvgIpc) is 2.73. The molecular formula is C13H13ClF3IN4O. The quantitative estimate of drug-likeness (QED) is 0.509. The number of aromatic nitrogens is 3. The van der Waals surface area contributed by atoms with Crippen LogP contribution >= 0.6 is 34.2 Å². The highest BCUT2D eigenvalue weighted by Gasteiger charge is 2.32. The summed E-state index contributed by atoms with van der Waals surface area (Å²) in [6.45, 7) is 2.38. The van der Waals surface area contributed by atoms with Gasteiger partial charge in [0.2, 0.25) is 0 Å². The van der Waals surface area contributed by atoms with Crippen molar-refractivity contribution in [1.82, 2.24) is 14.8 Å². The molecule has 3 heterocycles. The van der Waals surface area contributed by atoms with Crippen molar-refractivity contribution in [3.8, 4) is 0 Å². The number of pyridine rings is 1. The molecule has 1 aliphatic heterocycles. The first-order chi connectivity index (χ1) is 10.8. The maximum Gasteiger partial charge on any atom is 0.408 e. The molecule has 0 aromatic carbocycles. The summed E-state index contributed by atoms with van der Waals surface area (Å²) >= 11 is 7.95. The summed E-state index contributed by atoms with van der Waals surface area (Å²) in [5, 5.41) is 4.23. The Morgan fingerprint density at radius 2 is 2.22 bits per heavy atom. The van der Waals surface area contributed by atoms with Crippen LogP contribution < -0.4 is 4.90 Å². The van der Waals surface area contributed by atoms with Gasteiger partial charge in [-0.05, 0) is 29.5 Å². The lowest BCUT2D eigenvalue weighted by atomic mass is 10.2. The maximum absolute atomic E-state index is 12.9. The highest BCUT2D eigenvalue weighted by Crippen LogP contribution is 2.34. The number of alkyl halides is 3. The molecule has 5 nitrogen and oxygen atoms in total. The van der Waals surface area contributed by atoms with E-state index in [2.05, 4.69) is 10.1 Å². The Hall–Kier alpha value is -0.810. The molecule has 2 aromatic heterocycles. The lowest BCUT2D eigenvalue weighted by Crippen LogP contribution is -2.44. The summed E-state index contributed by atoms with van der Waals surface area (Å²) in [5.41, 5.74) is 1.34. The van der Waals surface area contributed by atoms with Crippen LogP contribution in [-0.2, 0) is 11.3 Å². The number of ether oxygens (including phenoxy) is 1. The molecule has 1 atom stereocenters. The van der Waals surface area contributed by atoms with E-state index in [-0.39, 0.29) is 11.2 Å². The van der Waals surface area contributed by atoms with Crippen LogP contribution in [0.5, 0.6) is 0 Å². The number of hydrogen-bond acceptors (Lipinski definition) is 4. The Labute approximate surface area is 148 Å². The molecule has 3 rings (SSSR count). The largest absolute Gasteiger partial charge is 0.408 e. The van der Waals surface area contributed by atoms with E-state index < -0.39 is 12.7 Å². The van der Waals surface area contributed by atoms with Crippen LogP contribution in [-0.4, -0.2) is 46.7 Å². The van der Waals surface area contributed by atoms with Gasteiger partial charge >= 0.3 is 6.18 Å². The molecule has 0 bridgehead atoms. The molecule has 0 N–H and O–H groups in total. The second-order valence-electron chi connectivity index (χ2n) is 5.34. The number of fused-ring (bicyclic) bond motifs is 1. The average molecular weight is 461 g/mol.